The number of nitrogens with two attached hydrogens (primary N) is 1. The second-order valence-corrected chi connectivity index (χ2v) is 5.87. The highest BCUT2D eigenvalue weighted by Gasteiger charge is 2.25. The lowest BCUT2D eigenvalue weighted by molar-refractivity contribution is -0.119. The topological polar surface area (TPSA) is 98.5 Å². The maximum absolute atomic E-state index is 12.2. The number of rotatable bonds is 6. The molecule has 1 unspecified atom stereocenters. The van der Waals surface area contributed by atoms with Crippen molar-refractivity contribution in [1.29, 1.82) is 0 Å². The number of methoxy groups -OCH3 is 1. The van der Waals surface area contributed by atoms with Crippen LogP contribution in [0.4, 0.5) is 0 Å². The molecule has 0 saturated carbocycles. The monoisotopic (exact) mass is 316 g/mol. The van der Waals surface area contributed by atoms with Crippen molar-refractivity contribution in [3.63, 3.8) is 0 Å². The van der Waals surface area contributed by atoms with Gasteiger partial charge in [0.25, 0.3) is 0 Å². The van der Waals surface area contributed by atoms with Crippen LogP contribution in [0.1, 0.15) is 6.42 Å². The molecule has 0 fully saturated rings. The minimum absolute atomic E-state index is 0.0118. The molecular formula is C12H13ClN2O4S. The smallest absolute Gasteiger partial charge is 0.242 e. The van der Waals surface area contributed by atoms with Crippen molar-refractivity contribution in [2.45, 2.75) is 17.4 Å². The Labute approximate surface area is 122 Å². The van der Waals surface area contributed by atoms with Crippen molar-refractivity contribution in [1.82, 2.24) is 4.72 Å². The fourth-order valence-corrected chi connectivity index (χ4v) is 3.10. The zero-order valence-electron chi connectivity index (χ0n) is 10.6. The number of sulfonamides is 1. The van der Waals surface area contributed by atoms with Crippen LogP contribution in [-0.4, -0.2) is 27.5 Å². The summed E-state index contributed by atoms with van der Waals surface area (Å²) < 4.78 is 31.4. The van der Waals surface area contributed by atoms with Gasteiger partial charge in [-0.1, -0.05) is 11.6 Å². The van der Waals surface area contributed by atoms with Crippen LogP contribution >= 0.6 is 11.6 Å². The van der Waals surface area contributed by atoms with Gasteiger partial charge in [0.05, 0.1) is 12.1 Å². The summed E-state index contributed by atoms with van der Waals surface area (Å²) in [7, 11) is -2.66. The van der Waals surface area contributed by atoms with E-state index in [4.69, 9.17) is 28.5 Å². The third kappa shape index (κ3) is 3.87. The highest BCUT2D eigenvalue weighted by Crippen LogP contribution is 2.26. The van der Waals surface area contributed by atoms with Gasteiger partial charge in [-0.05, 0) is 12.1 Å². The van der Waals surface area contributed by atoms with Gasteiger partial charge in [0.15, 0.2) is 0 Å². The maximum Gasteiger partial charge on any atom is 0.242 e. The number of terminal acetylenes is 1. The Hall–Kier alpha value is -1.75. The highest BCUT2D eigenvalue weighted by molar-refractivity contribution is 7.89. The van der Waals surface area contributed by atoms with Gasteiger partial charge in [0.1, 0.15) is 16.7 Å². The highest BCUT2D eigenvalue weighted by atomic mass is 35.5. The Balaban J connectivity index is 3.17. The molecule has 1 atom stereocenters. The van der Waals surface area contributed by atoms with Gasteiger partial charge in [-0.3, -0.25) is 4.79 Å². The van der Waals surface area contributed by atoms with E-state index in [2.05, 4.69) is 10.6 Å². The first kappa shape index (κ1) is 16.3. The number of amides is 1. The van der Waals surface area contributed by atoms with E-state index in [0.29, 0.717) is 5.75 Å². The zero-order valence-corrected chi connectivity index (χ0v) is 12.2. The van der Waals surface area contributed by atoms with E-state index < -0.39 is 22.0 Å². The van der Waals surface area contributed by atoms with E-state index in [0.717, 1.165) is 0 Å². The zero-order chi connectivity index (χ0) is 15.3. The molecule has 1 rings (SSSR count). The molecule has 0 saturated heterocycles. The lowest BCUT2D eigenvalue weighted by Crippen LogP contribution is -2.44. The van der Waals surface area contributed by atoms with Crippen LogP contribution in [0.25, 0.3) is 0 Å². The molecule has 0 bridgehead atoms. The van der Waals surface area contributed by atoms with Crippen molar-refractivity contribution in [3.8, 4) is 18.1 Å². The van der Waals surface area contributed by atoms with E-state index in [-0.39, 0.29) is 16.3 Å². The summed E-state index contributed by atoms with van der Waals surface area (Å²) in [6.45, 7) is 0. The summed E-state index contributed by atoms with van der Waals surface area (Å²) in [5, 5.41) is -0.0118. The van der Waals surface area contributed by atoms with Gasteiger partial charge in [0.2, 0.25) is 15.9 Å². The first-order valence-corrected chi connectivity index (χ1v) is 7.26. The lowest BCUT2D eigenvalue weighted by Gasteiger charge is -2.14. The van der Waals surface area contributed by atoms with Crippen LogP contribution < -0.4 is 15.2 Å². The molecule has 1 aromatic rings. The van der Waals surface area contributed by atoms with Crippen molar-refractivity contribution in [3.05, 3.63) is 23.2 Å². The molecule has 108 valence electrons. The standard InChI is InChI=1S/C12H13ClN2O4S/c1-3-4-10(12(14)16)15-20(17,18)11-7-8(19-2)5-6-9(11)13/h1,5-7,10,15H,4H2,2H3,(H2,14,16). The Morgan fingerprint density at radius 2 is 2.25 bits per heavy atom. The quantitative estimate of drug-likeness (QED) is 0.747. The molecule has 8 heteroatoms. The van der Waals surface area contributed by atoms with Gasteiger partial charge in [-0.15, -0.1) is 12.3 Å². The molecule has 1 aromatic carbocycles. The molecule has 0 aliphatic rings. The molecule has 0 aliphatic carbocycles. The van der Waals surface area contributed by atoms with Gasteiger partial charge in [0, 0.05) is 12.5 Å². The molecule has 0 aromatic heterocycles. The fraction of sp³-hybridized carbons (Fsp3) is 0.250. The van der Waals surface area contributed by atoms with Gasteiger partial charge in [-0.25, -0.2) is 8.42 Å². The maximum atomic E-state index is 12.2. The largest absolute Gasteiger partial charge is 0.497 e. The molecule has 0 spiro atoms. The normalized spacial score (nSPS) is 12.4. The number of ether oxygens (including phenoxy) is 1. The first-order valence-electron chi connectivity index (χ1n) is 5.40. The number of halogens is 1. The van der Waals surface area contributed by atoms with Gasteiger partial charge < -0.3 is 10.5 Å². The molecule has 0 heterocycles. The van der Waals surface area contributed by atoms with E-state index >= 15 is 0 Å². The Morgan fingerprint density at radius 3 is 2.75 bits per heavy atom. The number of benzene rings is 1. The predicted octanol–water partition coefficient (Wildman–Crippen LogP) is 0.504. The minimum Gasteiger partial charge on any atom is -0.497 e. The number of hydrogen-bond acceptors (Lipinski definition) is 4. The Morgan fingerprint density at radius 1 is 1.60 bits per heavy atom. The molecule has 6 nitrogen and oxygen atoms in total. The average molecular weight is 317 g/mol. The minimum atomic E-state index is -4.05. The lowest BCUT2D eigenvalue weighted by atomic mass is 10.2. The third-order valence-corrected chi connectivity index (χ3v) is 4.34. The second kappa shape index (κ2) is 6.61. The number of nitrogens with one attached hydrogen (secondary N) is 1. The van der Waals surface area contributed by atoms with Crippen LogP contribution in [0.2, 0.25) is 5.02 Å². The third-order valence-electron chi connectivity index (χ3n) is 2.39. The molecule has 20 heavy (non-hydrogen) atoms. The fourth-order valence-electron chi connectivity index (χ4n) is 1.39. The molecule has 0 aliphatic heterocycles. The molecule has 1 amide bonds. The van der Waals surface area contributed by atoms with Gasteiger partial charge in [-0.2, -0.15) is 4.72 Å². The summed E-state index contributed by atoms with van der Waals surface area (Å²) in [5.41, 5.74) is 5.08. The second-order valence-electron chi connectivity index (χ2n) is 3.78. The van der Waals surface area contributed by atoms with Crippen LogP contribution in [0.3, 0.4) is 0 Å². The van der Waals surface area contributed by atoms with Crippen molar-refractivity contribution >= 4 is 27.5 Å². The van der Waals surface area contributed by atoms with Crippen molar-refractivity contribution < 1.29 is 17.9 Å². The van der Waals surface area contributed by atoms with Crippen LogP contribution in [-0.2, 0) is 14.8 Å². The number of carbonyl (C=O) groups is 1. The van der Waals surface area contributed by atoms with Crippen molar-refractivity contribution in [2.75, 3.05) is 7.11 Å². The molecule has 0 radical (unpaired) electrons. The van der Waals surface area contributed by atoms with E-state index in [9.17, 15) is 13.2 Å². The summed E-state index contributed by atoms with van der Waals surface area (Å²) in [4.78, 5) is 10.9. The number of hydrogen-bond donors (Lipinski definition) is 2. The van der Waals surface area contributed by atoms with E-state index in [1.807, 2.05) is 0 Å². The van der Waals surface area contributed by atoms with Crippen LogP contribution in [0.5, 0.6) is 5.75 Å². The Kier molecular flexibility index (Phi) is 5.39. The van der Waals surface area contributed by atoms with Crippen molar-refractivity contribution in [2.24, 2.45) is 5.73 Å². The summed E-state index contributed by atoms with van der Waals surface area (Å²) >= 11 is 5.85. The summed E-state index contributed by atoms with van der Waals surface area (Å²) in [6.07, 6.45) is 4.91. The number of carbonyl (C=O) groups excluding carboxylic acids is 1. The predicted molar refractivity (Wildman–Crippen MR) is 74.8 cm³/mol. The molecular weight excluding hydrogens is 304 g/mol. The van der Waals surface area contributed by atoms with Gasteiger partial charge >= 0.3 is 0 Å². The van der Waals surface area contributed by atoms with E-state index in [1.165, 1.54) is 25.3 Å². The molecule has 3 N–H and O–H groups in total. The number of primary amides is 1. The Bertz CT molecular complexity index is 652. The first-order chi connectivity index (χ1) is 9.31. The SMILES string of the molecule is C#CCC(NS(=O)(=O)c1cc(OC)ccc1Cl)C(N)=O. The average Bonchev–Trinajstić information content (AvgIpc) is 2.38. The van der Waals surface area contributed by atoms with E-state index in [1.54, 1.807) is 0 Å². The van der Waals surface area contributed by atoms with Crippen LogP contribution in [0.15, 0.2) is 23.1 Å². The van der Waals surface area contributed by atoms with Crippen LogP contribution in [0, 0.1) is 12.3 Å². The summed E-state index contributed by atoms with van der Waals surface area (Å²) in [6, 6.07) is 2.91. The summed E-state index contributed by atoms with van der Waals surface area (Å²) in [5.74, 6) is 1.61.